The van der Waals surface area contributed by atoms with Crippen LogP contribution in [0.25, 0.3) is 0 Å². The molecular weight excluding hydrogens is 184 g/mol. The number of carbonyl (C=O) groups is 1. The van der Waals surface area contributed by atoms with Gasteiger partial charge in [-0.05, 0) is 12.5 Å². The minimum Gasteiger partial charge on any atom is -0.448 e. The largest absolute Gasteiger partial charge is 0.448 e. The summed E-state index contributed by atoms with van der Waals surface area (Å²) in [7, 11) is 0. The summed E-state index contributed by atoms with van der Waals surface area (Å²) in [4.78, 5) is 18.8. The van der Waals surface area contributed by atoms with Gasteiger partial charge in [-0.25, -0.2) is 20.6 Å². The lowest BCUT2D eigenvalue weighted by molar-refractivity contribution is 0.153. The number of amides is 1. The first-order valence-electron chi connectivity index (χ1n) is 4.24. The van der Waals surface area contributed by atoms with Gasteiger partial charge >= 0.3 is 6.09 Å². The first-order chi connectivity index (χ1) is 6.75. The molecule has 6 nitrogen and oxygen atoms in total. The zero-order chi connectivity index (χ0) is 10.4. The van der Waals surface area contributed by atoms with Gasteiger partial charge in [-0.3, -0.25) is 0 Å². The van der Waals surface area contributed by atoms with Gasteiger partial charge in [0, 0.05) is 12.4 Å². The van der Waals surface area contributed by atoms with Gasteiger partial charge in [0.15, 0.2) is 0 Å². The molecule has 0 aromatic carbocycles. The fraction of sp³-hybridized carbons (Fsp3) is 0.375. The van der Waals surface area contributed by atoms with E-state index >= 15 is 0 Å². The molecular formula is C8H12N4O2. The lowest BCUT2D eigenvalue weighted by Crippen LogP contribution is -2.39. The third kappa shape index (κ3) is 2.67. The van der Waals surface area contributed by atoms with E-state index in [2.05, 4.69) is 9.97 Å². The first-order valence-corrected chi connectivity index (χ1v) is 4.24. The van der Waals surface area contributed by atoms with Crippen LogP contribution in [0.5, 0.6) is 0 Å². The number of nitrogens with two attached hydrogens (primary N) is 1. The van der Waals surface area contributed by atoms with Crippen LogP contribution >= 0.6 is 0 Å². The molecule has 0 aliphatic heterocycles. The van der Waals surface area contributed by atoms with Crippen molar-refractivity contribution in [1.82, 2.24) is 9.97 Å². The topological polar surface area (TPSA) is 81.3 Å². The van der Waals surface area contributed by atoms with Crippen molar-refractivity contribution in [2.75, 3.05) is 11.6 Å². The summed E-state index contributed by atoms with van der Waals surface area (Å²) in [5, 5.41) is 0.773. The molecule has 0 saturated carbocycles. The van der Waals surface area contributed by atoms with Crippen molar-refractivity contribution in [3.63, 3.8) is 0 Å². The van der Waals surface area contributed by atoms with E-state index in [9.17, 15) is 4.79 Å². The van der Waals surface area contributed by atoms with Gasteiger partial charge in [-0.15, -0.1) is 0 Å². The summed E-state index contributed by atoms with van der Waals surface area (Å²) >= 11 is 0. The Hall–Kier alpha value is -1.69. The molecule has 1 rings (SSSR count). The Bertz CT molecular complexity index is 291. The molecule has 2 N–H and O–H groups in total. The van der Waals surface area contributed by atoms with Crippen molar-refractivity contribution in [3.8, 4) is 0 Å². The Morgan fingerprint density at radius 2 is 2.21 bits per heavy atom. The van der Waals surface area contributed by atoms with Gasteiger partial charge in [0.1, 0.15) is 0 Å². The highest BCUT2D eigenvalue weighted by Crippen LogP contribution is 2.01. The zero-order valence-electron chi connectivity index (χ0n) is 7.88. The quantitative estimate of drug-likeness (QED) is 0.437. The number of ether oxygens (including phenoxy) is 1. The van der Waals surface area contributed by atoms with E-state index in [0.717, 1.165) is 11.4 Å². The average molecular weight is 196 g/mol. The lowest BCUT2D eigenvalue weighted by Gasteiger charge is -2.13. The fourth-order valence-corrected chi connectivity index (χ4v) is 0.756. The van der Waals surface area contributed by atoms with Gasteiger partial charge < -0.3 is 4.74 Å². The number of hydrazine groups is 1. The highest BCUT2D eigenvalue weighted by Gasteiger charge is 2.14. The van der Waals surface area contributed by atoms with Gasteiger partial charge in [-0.2, -0.15) is 5.01 Å². The summed E-state index contributed by atoms with van der Waals surface area (Å²) in [5.41, 5.74) is 0. The molecule has 14 heavy (non-hydrogen) atoms. The minimum absolute atomic E-state index is 0.119. The van der Waals surface area contributed by atoms with Crippen molar-refractivity contribution in [1.29, 1.82) is 0 Å². The van der Waals surface area contributed by atoms with E-state index in [4.69, 9.17) is 10.6 Å². The zero-order valence-corrected chi connectivity index (χ0v) is 7.88. The number of carbonyl (C=O) groups excluding carboxylic acids is 1. The van der Waals surface area contributed by atoms with E-state index in [1.54, 1.807) is 6.07 Å². The third-order valence-corrected chi connectivity index (χ3v) is 1.39. The minimum atomic E-state index is -0.655. The molecule has 1 aromatic rings. The highest BCUT2D eigenvalue weighted by molar-refractivity contribution is 5.83. The Kier molecular flexibility index (Phi) is 3.81. The normalized spacial score (nSPS) is 9.57. The monoisotopic (exact) mass is 196 g/mol. The van der Waals surface area contributed by atoms with Gasteiger partial charge in [0.05, 0.1) is 6.61 Å². The summed E-state index contributed by atoms with van der Waals surface area (Å²) in [5.74, 6) is 5.53. The van der Waals surface area contributed by atoms with Crippen molar-refractivity contribution in [2.24, 2.45) is 5.84 Å². The lowest BCUT2D eigenvalue weighted by atomic mass is 10.5. The second kappa shape index (κ2) is 5.13. The molecule has 76 valence electrons. The second-order valence-corrected chi connectivity index (χ2v) is 2.53. The van der Waals surface area contributed by atoms with Crippen LogP contribution in [0.15, 0.2) is 18.5 Å². The molecule has 0 aliphatic rings. The van der Waals surface area contributed by atoms with Gasteiger partial charge in [0.25, 0.3) is 0 Å². The van der Waals surface area contributed by atoms with Crippen molar-refractivity contribution in [2.45, 2.75) is 13.3 Å². The maximum absolute atomic E-state index is 11.2. The molecule has 6 heteroatoms. The standard InChI is InChI=1S/C8H12N4O2/c1-2-6-14-8(13)12(9)7-10-4-3-5-11-7/h3-5H,2,6,9H2,1H3. The van der Waals surface area contributed by atoms with E-state index < -0.39 is 6.09 Å². The smallest absolute Gasteiger partial charge is 0.431 e. The van der Waals surface area contributed by atoms with Crippen LogP contribution in [0, 0.1) is 0 Å². The van der Waals surface area contributed by atoms with Crippen LogP contribution in [-0.4, -0.2) is 22.7 Å². The molecule has 0 atom stereocenters. The summed E-state index contributed by atoms with van der Waals surface area (Å²) < 4.78 is 4.79. The Balaban J connectivity index is 2.57. The van der Waals surface area contributed by atoms with Crippen molar-refractivity contribution < 1.29 is 9.53 Å². The highest BCUT2D eigenvalue weighted by atomic mass is 16.6. The predicted octanol–water partition coefficient (Wildman–Crippen LogP) is 0.703. The van der Waals surface area contributed by atoms with E-state index in [-0.39, 0.29) is 5.95 Å². The van der Waals surface area contributed by atoms with E-state index in [1.165, 1.54) is 12.4 Å². The first kappa shape index (κ1) is 10.4. The van der Waals surface area contributed by atoms with Crippen molar-refractivity contribution in [3.05, 3.63) is 18.5 Å². The Morgan fingerprint density at radius 1 is 1.57 bits per heavy atom. The molecule has 1 heterocycles. The van der Waals surface area contributed by atoms with Gasteiger partial charge in [-0.1, -0.05) is 6.92 Å². The number of nitrogens with zero attached hydrogens (tertiary/aromatic N) is 3. The fourth-order valence-electron chi connectivity index (χ4n) is 0.756. The number of hydrogen-bond acceptors (Lipinski definition) is 5. The van der Waals surface area contributed by atoms with Crippen LogP contribution in [0.1, 0.15) is 13.3 Å². The van der Waals surface area contributed by atoms with Crippen LogP contribution in [-0.2, 0) is 4.74 Å². The molecule has 0 unspecified atom stereocenters. The molecule has 1 aromatic heterocycles. The van der Waals surface area contributed by atoms with Crippen LogP contribution in [0.4, 0.5) is 10.7 Å². The van der Waals surface area contributed by atoms with Crippen molar-refractivity contribution >= 4 is 12.0 Å². The van der Waals surface area contributed by atoms with Gasteiger partial charge in [0.2, 0.25) is 5.95 Å². The molecule has 0 fully saturated rings. The third-order valence-electron chi connectivity index (χ3n) is 1.39. The number of rotatable bonds is 3. The maximum Gasteiger partial charge on any atom is 0.431 e. The summed E-state index contributed by atoms with van der Waals surface area (Å²) in [6.07, 6.45) is 3.08. The molecule has 0 saturated heterocycles. The van der Waals surface area contributed by atoms with E-state index in [1.807, 2.05) is 6.92 Å². The molecule has 0 aliphatic carbocycles. The maximum atomic E-state index is 11.2. The number of anilines is 1. The molecule has 1 amide bonds. The Morgan fingerprint density at radius 3 is 2.79 bits per heavy atom. The number of aromatic nitrogens is 2. The predicted molar refractivity (Wildman–Crippen MR) is 50.3 cm³/mol. The van der Waals surface area contributed by atoms with Crippen LogP contribution < -0.4 is 10.9 Å². The average Bonchev–Trinajstić information content (AvgIpc) is 2.26. The number of hydrogen-bond donors (Lipinski definition) is 1. The Labute approximate surface area is 81.7 Å². The summed E-state index contributed by atoms with van der Waals surface area (Å²) in [6.45, 7) is 2.23. The second-order valence-electron chi connectivity index (χ2n) is 2.53. The summed E-state index contributed by atoms with van der Waals surface area (Å²) in [6, 6.07) is 1.63. The molecule has 0 bridgehead atoms. The van der Waals surface area contributed by atoms with E-state index in [0.29, 0.717) is 6.61 Å². The van der Waals surface area contributed by atoms with Crippen LogP contribution in [0.3, 0.4) is 0 Å². The van der Waals surface area contributed by atoms with Crippen LogP contribution in [0.2, 0.25) is 0 Å². The molecule has 0 spiro atoms. The SMILES string of the molecule is CCCOC(=O)N(N)c1ncccn1. The molecule has 0 radical (unpaired) electrons.